The van der Waals surface area contributed by atoms with Gasteiger partial charge in [0.15, 0.2) is 0 Å². The van der Waals surface area contributed by atoms with Crippen LogP contribution in [0.4, 0.5) is 0 Å². The molecule has 0 spiro atoms. The van der Waals surface area contributed by atoms with E-state index in [4.69, 9.17) is 9.47 Å². The van der Waals surface area contributed by atoms with Gasteiger partial charge in [-0.25, -0.2) is 0 Å². The van der Waals surface area contributed by atoms with E-state index < -0.39 is 0 Å². The Morgan fingerprint density at radius 2 is 1.44 bits per heavy atom. The highest BCUT2D eigenvalue weighted by Crippen LogP contribution is 2.66. The quantitative estimate of drug-likeness (QED) is 0.518. The second-order valence-electron chi connectivity index (χ2n) is 10.9. The summed E-state index contributed by atoms with van der Waals surface area (Å²) >= 11 is 0. The van der Waals surface area contributed by atoms with Crippen molar-refractivity contribution in [3.8, 4) is 0 Å². The van der Waals surface area contributed by atoms with E-state index in [0.29, 0.717) is 23.0 Å². The summed E-state index contributed by atoms with van der Waals surface area (Å²) in [6, 6.07) is 0. The zero-order valence-corrected chi connectivity index (χ0v) is 18.5. The number of hydrogen-bond donors (Lipinski definition) is 0. The molecule has 4 rings (SSSR count). The summed E-state index contributed by atoms with van der Waals surface area (Å²) in [5.74, 6) is 3.76. The van der Waals surface area contributed by atoms with Crippen LogP contribution in [0.1, 0.15) is 98.3 Å². The maximum Gasteiger partial charge on any atom is 0.0631 e. The van der Waals surface area contributed by atoms with E-state index in [9.17, 15) is 0 Å². The van der Waals surface area contributed by atoms with Crippen LogP contribution in [0.2, 0.25) is 0 Å². The molecule has 2 heteroatoms. The van der Waals surface area contributed by atoms with Crippen LogP contribution in [0.25, 0.3) is 0 Å². The van der Waals surface area contributed by atoms with Crippen molar-refractivity contribution in [3.05, 3.63) is 0 Å². The Morgan fingerprint density at radius 1 is 0.741 bits per heavy atom. The molecule has 27 heavy (non-hydrogen) atoms. The standard InChI is InChI=1S/C25H44O2/c1-5-15-26-19-11-13-24(3)18(17-19)7-8-20-21-9-10-23(27-16-6-2)25(21,4)14-12-22(20)24/h18-23H,5-17H2,1-4H3. The van der Waals surface area contributed by atoms with Gasteiger partial charge in [0.05, 0.1) is 12.2 Å². The van der Waals surface area contributed by atoms with Crippen molar-refractivity contribution in [2.45, 2.75) is 111 Å². The summed E-state index contributed by atoms with van der Waals surface area (Å²) in [5.41, 5.74) is 1.04. The predicted octanol–water partition coefficient (Wildman–Crippen LogP) is 6.62. The fraction of sp³-hybridized carbons (Fsp3) is 1.00. The molecule has 4 fully saturated rings. The summed E-state index contributed by atoms with van der Waals surface area (Å²) in [7, 11) is 0. The normalized spacial score (nSPS) is 49.3. The van der Waals surface area contributed by atoms with Crippen molar-refractivity contribution < 1.29 is 9.47 Å². The fourth-order valence-electron chi connectivity index (χ4n) is 8.14. The molecule has 4 aliphatic carbocycles. The molecule has 0 aromatic heterocycles. The van der Waals surface area contributed by atoms with Crippen molar-refractivity contribution in [1.82, 2.24) is 0 Å². The van der Waals surface area contributed by atoms with Gasteiger partial charge in [-0.05, 0) is 105 Å². The topological polar surface area (TPSA) is 18.5 Å². The average molecular weight is 377 g/mol. The van der Waals surface area contributed by atoms with Gasteiger partial charge >= 0.3 is 0 Å². The Balaban J connectivity index is 1.46. The molecule has 2 nitrogen and oxygen atoms in total. The molecule has 0 N–H and O–H groups in total. The van der Waals surface area contributed by atoms with E-state index in [0.717, 1.165) is 49.7 Å². The van der Waals surface area contributed by atoms with Crippen molar-refractivity contribution in [3.63, 3.8) is 0 Å². The molecule has 0 saturated heterocycles. The second kappa shape index (κ2) is 7.98. The monoisotopic (exact) mass is 376 g/mol. The van der Waals surface area contributed by atoms with Crippen molar-refractivity contribution in [2.75, 3.05) is 13.2 Å². The minimum Gasteiger partial charge on any atom is -0.378 e. The molecule has 0 aromatic rings. The number of rotatable bonds is 6. The molecule has 0 heterocycles. The van der Waals surface area contributed by atoms with E-state index in [1.54, 1.807) is 0 Å². The first-order valence-electron chi connectivity index (χ1n) is 12.3. The van der Waals surface area contributed by atoms with Gasteiger partial charge in [0, 0.05) is 13.2 Å². The molecule has 0 aliphatic heterocycles. The third-order valence-electron chi connectivity index (χ3n) is 9.61. The number of hydrogen-bond acceptors (Lipinski definition) is 2. The van der Waals surface area contributed by atoms with Crippen molar-refractivity contribution in [1.29, 1.82) is 0 Å². The first kappa shape index (κ1) is 20.2. The average Bonchev–Trinajstić information content (AvgIpc) is 3.01. The molecule has 0 radical (unpaired) electrons. The highest BCUT2D eigenvalue weighted by molar-refractivity contribution is 5.09. The molecule has 8 atom stereocenters. The van der Waals surface area contributed by atoms with E-state index in [1.807, 2.05) is 0 Å². The summed E-state index contributed by atoms with van der Waals surface area (Å²) in [6.45, 7) is 11.7. The molecule has 4 aliphatic rings. The molecule has 0 bridgehead atoms. The lowest BCUT2D eigenvalue weighted by molar-refractivity contribution is -0.146. The van der Waals surface area contributed by atoms with Crippen LogP contribution in [-0.2, 0) is 9.47 Å². The largest absolute Gasteiger partial charge is 0.378 e. The zero-order chi connectivity index (χ0) is 19.1. The van der Waals surface area contributed by atoms with Gasteiger partial charge < -0.3 is 9.47 Å². The molecular weight excluding hydrogens is 332 g/mol. The number of fused-ring (bicyclic) bond motifs is 5. The summed E-state index contributed by atoms with van der Waals surface area (Å²) in [4.78, 5) is 0. The first-order valence-corrected chi connectivity index (χ1v) is 12.3. The molecule has 0 amide bonds. The highest BCUT2D eigenvalue weighted by Gasteiger charge is 2.60. The molecule has 4 saturated carbocycles. The van der Waals surface area contributed by atoms with Crippen LogP contribution in [-0.4, -0.2) is 25.4 Å². The minimum absolute atomic E-state index is 0.459. The van der Waals surface area contributed by atoms with Crippen molar-refractivity contribution in [2.24, 2.45) is 34.5 Å². The molecule has 8 unspecified atom stereocenters. The fourth-order valence-corrected chi connectivity index (χ4v) is 8.14. The van der Waals surface area contributed by atoms with Crippen LogP contribution in [0, 0.1) is 34.5 Å². The smallest absolute Gasteiger partial charge is 0.0631 e. The Hall–Kier alpha value is -0.0800. The lowest BCUT2D eigenvalue weighted by Crippen LogP contribution is -2.54. The minimum atomic E-state index is 0.459. The maximum atomic E-state index is 6.37. The van der Waals surface area contributed by atoms with E-state index in [2.05, 4.69) is 27.7 Å². The lowest BCUT2D eigenvalue weighted by atomic mass is 9.45. The van der Waals surface area contributed by atoms with Gasteiger partial charge in [-0.15, -0.1) is 0 Å². The van der Waals surface area contributed by atoms with Gasteiger partial charge in [0.2, 0.25) is 0 Å². The summed E-state index contributed by atoms with van der Waals surface area (Å²) < 4.78 is 12.6. The van der Waals surface area contributed by atoms with Crippen LogP contribution in [0.15, 0.2) is 0 Å². The third-order valence-corrected chi connectivity index (χ3v) is 9.61. The van der Waals surface area contributed by atoms with Crippen LogP contribution in [0.3, 0.4) is 0 Å². The Kier molecular flexibility index (Phi) is 5.97. The van der Waals surface area contributed by atoms with Gasteiger partial charge in [0.1, 0.15) is 0 Å². The van der Waals surface area contributed by atoms with Crippen LogP contribution < -0.4 is 0 Å². The van der Waals surface area contributed by atoms with Gasteiger partial charge in [-0.2, -0.15) is 0 Å². The maximum absolute atomic E-state index is 6.37. The first-order chi connectivity index (χ1) is 13.0. The van der Waals surface area contributed by atoms with Gasteiger partial charge in [0.25, 0.3) is 0 Å². The van der Waals surface area contributed by atoms with Gasteiger partial charge in [-0.3, -0.25) is 0 Å². The third kappa shape index (κ3) is 3.41. The van der Waals surface area contributed by atoms with Gasteiger partial charge in [-0.1, -0.05) is 27.7 Å². The zero-order valence-electron chi connectivity index (χ0n) is 18.5. The lowest BCUT2D eigenvalue weighted by Gasteiger charge is -2.61. The van der Waals surface area contributed by atoms with Crippen LogP contribution in [0.5, 0.6) is 0 Å². The molecule has 156 valence electrons. The Morgan fingerprint density at radius 3 is 2.22 bits per heavy atom. The summed E-state index contributed by atoms with van der Waals surface area (Å²) in [5, 5.41) is 0. The Bertz CT molecular complexity index is 505. The molecule has 0 aromatic carbocycles. The summed E-state index contributed by atoms with van der Waals surface area (Å²) in [6.07, 6.45) is 16.0. The van der Waals surface area contributed by atoms with E-state index in [-0.39, 0.29) is 0 Å². The van der Waals surface area contributed by atoms with Crippen LogP contribution >= 0.6 is 0 Å². The second-order valence-corrected chi connectivity index (χ2v) is 10.9. The van der Waals surface area contributed by atoms with E-state index in [1.165, 1.54) is 57.8 Å². The highest BCUT2D eigenvalue weighted by atomic mass is 16.5. The molecular formula is C25H44O2. The SMILES string of the molecule is CCCOC1CCC2(C)C(CCC3C2CCC2(C)C(OCCC)CCC32)C1. The van der Waals surface area contributed by atoms with Crippen molar-refractivity contribution >= 4 is 0 Å². The van der Waals surface area contributed by atoms with E-state index >= 15 is 0 Å². The number of ether oxygens (including phenoxy) is 2. The Labute approximate surface area is 168 Å². The predicted molar refractivity (Wildman–Crippen MR) is 112 cm³/mol.